The quantitative estimate of drug-likeness (QED) is 0.351. The second-order valence-electron chi connectivity index (χ2n) is 3.50. The summed E-state index contributed by atoms with van der Waals surface area (Å²) in [5.74, 6) is 5.64. The Hall–Kier alpha value is -0.970. The molecule has 2 nitrogen and oxygen atoms in total. The number of carbonyl (C=O) groups excluding carboxylic acids is 1. The molecule has 0 bridgehead atoms. The largest absolute Gasteiger partial charge is 0.459 e. The van der Waals surface area contributed by atoms with Gasteiger partial charge < -0.3 is 4.74 Å². The molecule has 13 heavy (non-hydrogen) atoms. The lowest BCUT2D eigenvalue weighted by Crippen LogP contribution is -2.05. The summed E-state index contributed by atoms with van der Waals surface area (Å²) >= 11 is 0. The molecule has 0 amide bonds. The average molecular weight is 180 g/mol. The minimum atomic E-state index is -0.421. The van der Waals surface area contributed by atoms with E-state index in [2.05, 4.69) is 16.6 Å². The van der Waals surface area contributed by atoms with Crippen molar-refractivity contribution in [3.63, 3.8) is 0 Å². The van der Waals surface area contributed by atoms with Gasteiger partial charge in [-0.3, -0.25) is 0 Å². The van der Waals surface area contributed by atoms with Crippen LogP contribution in [0.4, 0.5) is 0 Å². The van der Waals surface area contributed by atoms with Crippen LogP contribution in [0, 0.1) is 17.8 Å². The maximum Gasteiger partial charge on any atom is 0.384 e. The van der Waals surface area contributed by atoms with E-state index in [-0.39, 0.29) is 0 Å². The van der Waals surface area contributed by atoms with Gasteiger partial charge in [-0.05, 0) is 18.8 Å². The normalized spacial score (nSPS) is 17.3. The highest BCUT2D eigenvalue weighted by molar-refractivity contribution is 5.88. The third kappa shape index (κ3) is 3.98. The molecule has 0 heterocycles. The van der Waals surface area contributed by atoms with Gasteiger partial charge in [0.05, 0.1) is 7.11 Å². The molecule has 0 aromatic carbocycles. The van der Waals surface area contributed by atoms with E-state index < -0.39 is 5.97 Å². The Labute approximate surface area is 79.7 Å². The third-order valence-electron chi connectivity index (χ3n) is 2.49. The van der Waals surface area contributed by atoms with Crippen molar-refractivity contribution in [2.45, 2.75) is 38.5 Å². The fourth-order valence-electron chi connectivity index (χ4n) is 1.71. The summed E-state index contributed by atoms with van der Waals surface area (Å²) in [5.41, 5.74) is 0. The van der Waals surface area contributed by atoms with Gasteiger partial charge in [0.15, 0.2) is 0 Å². The summed E-state index contributed by atoms with van der Waals surface area (Å²) in [6, 6.07) is 0. The van der Waals surface area contributed by atoms with Crippen molar-refractivity contribution in [1.82, 2.24) is 0 Å². The lowest BCUT2D eigenvalue weighted by Gasteiger charge is -2.18. The van der Waals surface area contributed by atoms with Gasteiger partial charge in [-0.15, -0.1) is 0 Å². The van der Waals surface area contributed by atoms with E-state index in [1.165, 1.54) is 39.2 Å². The van der Waals surface area contributed by atoms with Crippen LogP contribution in [-0.4, -0.2) is 13.1 Å². The van der Waals surface area contributed by atoms with E-state index in [9.17, 15) is 4.79 Å². The van der Waals surface area contributed by atoms with Gasteiger partial charge in [-0.2, -0.15) is 0 Å². The highest BCUT2D eigenvalue weighted by Crippen LogP contribution is 2.25. The molecular weight excluding hydrogens is 164 g/mol. The first-order valence-electron chi connectivity index (χ1n) is 4.89. The number of esters is 1. The number of carbonyl (C=O) groups is 1. The Bertz CT molecular complexity index is 216. The number of methoxy groups -OCH3 is 1. The second kappa shape index (κ2) is 5.64. The highest BCUT2D eigenvalue weighted by Gasteiger charge is 2.11. The first-order valence-corrected chi connectivity index (χ1v) is 4.89. The van der Waals surface area contributed by atoms with Crippen molar-refractivity contribution >= 4 is 5.97 Å². The predicted molar refractivity (Wildman–Crippen MR) is 51.0 cm³/mol. The number of rotatable bonds is 1. The van der Waals surface area contributed by atoms with E-state index in [4.69, 9.17) is 0 Å². The molecule has 0 unspecified atom stereocenters. The van der Waals surface area contributed by atoms with Gasteiger partial charge in [-0.1, -0.05) is 25.2 Å². The van der Waals surface area contributed by atoms with E-state index >= 15 is 0 Å². The smallest absolute Gasteiger partial charge is 0.384 e. The summed E-state index contributed by atoms with van der Waals surface area (Å²) in [6.45, 7) is 0. The number of ether oxygens (including phenoxy) is 1. The molecule has 1 aliphatic carbocycles. The van der Waals surface area contributed by atoms with Gasteiger partial charge in [0.25, 0.3) is 0 Å². The Morgan fingerprint density at radius 3 is 2.69 bits per heavy atom. The van der Waals surface area contributed by atoms with Gasteiger partial charge in [0.1, 0.15) is 0 Å². The Morgan fingerprint density at radius 2 is 2.08 bits per heavy atom. The minimum Gasteiger partial charge on any atom is -0.459 e. The fourth-order valence-corrected chi connectivity index (χ4v) is 1.71. The number of hydrogen-bond donors (Lipinski definition) is 0. The summed E-state index contributed by atoms with van der Waals surface area (Å²) in [7, 11) is 1.36. The Morgan fingerprint density at radius 1 is 1.38 bits per heavy atom. The first kappa shape index (κ1) is 10.1. The number of hydrogen-bond acceptors (Lipinski definition) is 2. The topological polar surface area (TPSA) is 26.3 Å². The van der Waals surface area contributed by atoms with Crippen molar-refractivity contribution < 1.29 is 9.53 Å². The molecule has 1 rings (SSSR count). The lowest BCUT2D eigenvalue weighted by atomic mass is 9.87. The fraction of sp³-hybridized carbons (Fsp3) is 0.727. The molecule has 0 N–H and O–H groups in total. The van der Waals surface area contributed by atoms with Crippen LogP contribution in [-0.2, 0) is 9.53 Å². The zero-order chi connectivity index (χ0) is 9.52. The molecule has 0 radical (unpaired) electrons. The average Bonchev–Trinajstić information content (AvgIpc) is 2.19. The van der Waals surface area contributed by atoms with Crippen LogP contribution < -0.4 is 0 Å². The summed E-state index contributed by atoms with van der Waals surface area (Å²) < 4.78 is 4.43. The van der Waals surface area contributed by atoms with Crippen LogP contribution in [0.3, 0.4) is 0 Å². The molecule has 0 aromatic rings. The van der Waals surface area contributed by atoms with Crippen molar-refractivity contribution in [2.75, 3.05) is 7.11 Å². The SMILES string of the molecule is COC(=O)C#CCC1CCCCC1. The molecule has 0 aromatic heterocycles. The van der Waals surface area contributed by atoms with Crippen LogP contribution >= 0.6 is 0 Å². The molecule has 0 spiro atoms. The minimum absolute atomic E-state index is 0.421. The van der Waals surface area contributed by atoms with Crippen molar-refractivity contribution in [2.24, 2.45) is 5.92 Å². The molecule has 2 heteroatoms. The maximum atomic E-state index is 10.7. The summed E-state index contributed by atoms with van der Waals surface area (Å²) in [5, 5.41) is 0. The van der Waals surface area contributed by atoms with Crippen molar-refractivity contribution in [3.8, 4) is 11.8 Å². The molecule has 72 valence electrons. The first-order chi connectivity index (χ1) is 6.33. The molecule has 1 saturated carbocycles. The van der Waals surface area contributed by atoms with E-state index in [1.54, 1.807) is 0 Å². The van der Waals surface area contributed by atoms with Crippen LogP contribution in [0.25, 0.3) is 0 Å². The van der Waals surface area contributed by atoms with E-state index in [0.29, 0.717) is 5.92 Å². The van der Waals surface area contributed by atoms with Gasteiger partial charge in [0.2, 0.25) is 0 Å². The Balaban J connectivity index is 2.22. The third-order valence-corrected chi connectivity index (χ3v) is 2.49. The van der Waals surface area contributed by atoms with Crippen LogP contribution in [0.5, 0.6) is 0 Å². The standard InChI is InChI=1S/C11H16O2/c1-13-11(12)9-5-8-10-6-3-2-4-7-10/h10H,2-4,6-8H2,1H3. The predicted octanol–water partition coefficient (Wildman–Crippen LogP) is 2.13. The molecule has 0 atom stereocenters. The van der Waals surface area contributed by atoms with Crippen LogP contribution in [0.2, 0.25) is 0 Å². The zero-order valence-corrected chi connectivity index (χ0v) is 8.14. The monoisotopic (exact) mass is 180 g/mol. The van der Waals surface area contributed by atoms with E-state index in [1.807, 2.05) is 0 Å². The van der Waals surface area contributed by atoms with Crippen molar-refractivity contribution in [3.05, 3.63) is 0 Å². The second-order valence-corrected chi connectivity index (χ2v) is 3.50. The molecule has 0 aliphatic heterocycles. The molecular formula is C11H16O2. The van der Waals surface area contributed by atoms with Gasteiger partial charge in [-0.25, -0.2) is 4.79 Å². The Kier molecular flexibility index (Phi) is 4.39. The van der Waals surface area contributed by atoms with Crippen molar-refractivity contribution in [1.29, 1.82) is 0 Å². The van der Waals surface area contributed by atoms with Gasteiger partial charge >= 0.3 is 5.97 Å². The summed E-state index contributed by atoms with van der Waals surface area (Å²) in [6.07, 6.45) is 7.41. The van der Waals surface area contributed by atoms with Crippen LogP contribution in [0.1, 0.15) is 38.5 Å². The van der Waals surface area contributed by atoms with Crippen LogP contribution in [0.15, 0.2) is 0 Å². The highest BCUT2D eigenvalue weighted by atomic mass is 16.5. The van der Waals surface area contributed by atoms with Gasteiger partial charge in [0, 0.05) is 12.3 Å². The molecule has 1 fully saturated rings. The maximum absolute atomic E-state index is 10.7. The summed E-state index contributed by atoms with van der Waals surface area (Å²) in [4.78, 5) is 10.7. The van der Waals surface area contributed by atoms with E-state index in [0.717, 1.165) is 6.42 Å². The zero-order valence-electron chi connectivity index (χ0n) is 8.14. The molecule has 1 aliphatic rings. The molecule has 0 saturated heterocycles. The lowest BCUT2D eigenvalue weighted by molar-refractivity contribution is -0.133.